The number of rotatable bonds is 3. The third-order valence-electron chi connectivity index (χ3n) is 4.34. The number of aromatic nitrogens is 1. The summed E-state index contributed by atoms with van der Waals surface area (Å²) in [7, 11) is 0. The molecule has 1 aliphatic heterocycles. The van der Waals surface area contributed by atoms with Crippen molar-refractivity contribution in [1.82, 2.24) is 9.88 Å². The number of fused-ring (bicyclic) bond motifs is 2. The molecule has 1 aliphatic rings. The zero-order valence-electron chi connectivity index (χ0n) is 12.2. The Balaban J connectivity index is 1.91. The van der Waals surface area contributed by atoms with Crippen LogP contribution in [0.5, 0.6) is 0 Å². The molecule has 0 bridgehead atoms. The first-order valence-electron chi connectivity index (χ1n) is 7.58. The predicted molar refractivity (Wildman–Crippen MR) is 89.4 cm³/mol. The molecule has 22 heavy (non-hydrogen) atoms. The number of nitrogens with zero attached hydrogens (tertiary/aromatic N) is 1. The van der Waals surface area contributed by atoms with Crippen LogP contribution in [0.2, 0.25) is 0 Å². The Morgan fingerprint density at radius 2 is 1.82 bits per heavy atom. The van der Waals surface area contributed by atoms with Crippen molar-refractivity contribution in [3.63, 3.8) is 0 Å². The molecule has 2 heterocycles. The second-order valence-corrected chi connectivity index (χ2v) is 5.60. The van der Waals surface area contributed by atoms with Gasteiger partial charge in [-0.25, -0.2) is 0 Å². The fraction of sp³-hybridized carbons (Fsp3) is 0.158. The number of H-pyrrole nitrogens is 1. The van der Waals surface area contributed by atoms with Crippen LogP contribution in [0.1, 0.15) is 22.7 Å². The van der Waals surface area contributed by atoms with E-state index in [9.17, 15) is 5.11 Å². The average molecular weight is 290 g/mol. The maximum absolute atomic E-state index is 9.41. The van der Waals surface area contributed by atoms with Gasteiger partial charge in [-0.05, 0) is 23.3 Å². The first kappa shape index (κ1) is 13.2. The number of hydrogen-bond donors (Lipinski definition) is 2. The molecule has 0 amide bonds. The van der Waals surface area contributed by atoms with Crippen LogP contribution in [-0.2, 0) is 0 Å². The van der Waals surface area contributed by atoms with Gasteiger partial charge in [-0.3, -0.25) is 0 Å². The predicted octanol–water partition coefficient (Wildman–Crippen LogP) is 3.54. The van der Waals surface area contributed by atoms with Crippen molar-refractivity contribution >= 4 is 17.0 Å². The standard InChI is InChI=1S/C19H18N2O/c22-12-11-21-10-9-14-5-1-2-6-15(14)19(21)17-13-20-18-8-4-3-7-16(17)18/h1-10,13,19-20,22H,11-12H2. The van der Waals surface area contributed by atoms with Crippen LogP contribution >= 0.6 is 0 Å². The Bertz CT molecular complexity index is 834. The van der Waals surface area contributed by atoms with E-state index in [0.29, 0.717) is 6.54 Å². The molecule has 2 N–H and O–H groups in total. The minimum absolute atomic E-state index is 0.129. The molecule has 2 aromatic carbocycles. The van der Waals surface area contributed by atoms with Crippen LogP contribution in [0.15, 0.2) is 60.9 Å². The largest absolute Gasteiger partial charge is 0.395 e. The van der Waals surface area contributed by atoms with Gasteiger partial charge in [-0.15, -0.1) is 0 Å². The molecule has 110 valence electrons. The van der Waals surface area contributed by atoms with Crippen molar-refractivity contribution in [1.29, 1.82) is 0 Å². The molecule has 0 spiro atoms. The minimum atomic E-state index is 0.129. The SMILES string of the molecule is OCCN1C=Cc2ccccc2C1c1c[nH]c2ccccc12. The summed E-state index contributed by atoms with van der Waals surface area (Å²) in [5.41, 5.74) is 4.92. The van der Waals surface area contributed by atoms with E-state index in [1.165, 1.54) is 22.1 Å². The fourth-order valence-corrected chi connectivity index (χ4v) is 3.34. The van der Waals surface area contributed by atoms with Crippen molar-refractivity contribution in [3.8, 4) is 0 Å². The number of aliphatic hydroxyl groups excluding tert-OH is 1. The number of para-hydroxylation sites is 1. The van der Waals surface area contributed by atoms with Crippen LogP contribution < -0.4 is 0 Å². The number of aliphatic hydroxyl groups is 1. The lowest BCUT2D eigenvalue weighted by Crippen LogP contribution is -2.29. The monoisotopic (exact) mass is 290 g/mol. The molecule has 1 unspecified atom stereocenters. The van der Waals surface area contributed by atoms with E-state index in [-0.39, 0.29) is 12.6 Å². The summed E-state index contributed by atoms with van der Waals surface area (Å²) >= 11 is 0. The smallest absolute Gasteiger partial charge is 0.0817 e. The summed E-state index contributed by atoms with van der Waals surface area (Å²) in [4.78, 5) is 5.57. The van der Waals surface area contributed by atoms with Crippen LogP contribution in [0.4, 0.5) is 0 Å². The van der Waals surface area contributed by atoms with E-state index in [2.05, 4.69) is 70.8 Å². The van der Waals surface area contributed by atoms with Gasteiger partial charge in [0.2, 0.25) is 0 Å². The molecule has 3 nitrogen and oxygen atoms in total. The van der Waals surface area contributed by atoms with E-state index in [4.69, 9.17) is 0 Å². The molecule has 0 saturated heterocycles. The van der Waals surface area contributed by atoms with Crippen molar-refractivity contribution < 1.29 is 5.11 Å². The van der Waals surface area contributed by atoms with Gasteiger partial charge >= 0.3 is 0 Å². The summed E-state index contributed by atoms with van der Waals surface area (Å²) in [5, 5.41) is 10.6. The van der Waals surface area contributed by atoms with Gasteiger partial charge in [-0.1, -0.05) is 42.5 Å². The highest BCUT2D eigenvalue weighted by molar-refractivity contribution is 5.84. The zero-order chi connectivity index (χ0) is 14.9. The molecule has 3 aromatic rings. The van der Waals surface area contributed by atoms with E-state index >= 15 is 0 Å². The average Bonchev–Trinajstić information content (AvgIpc) is 2.99. The summed E-state index contributed by atoms with van der Waals surface area (Å²) in [6.07, 6.45) is 6.30. The highest BCUT2D eigenvalue weighted by Crippen LogP contribution is 2.38. The van der Waals surface area contributed by atoms with Crippen LogP contribution in [0.25, 0.3) is 17.0 Å². The first-order chi connectivity index (χ1) is 10.9. The molecular weight excluding hydrogens is 272 g/mol. The number of benzene rings is 2. The molecule has 0 fully saturated rings. The lowest BCUT2D eigenvalue weighted by Gasteiger charge is -2.34. The first-order valence-corrected chi connectivity index (χ1v) is 7.58. The number of nitrogens with one attached hydrogen (secondary N) is 1. The maximum Gasteiger partial charge on any atom is 0.0817 e. The quantitative estimate of drug-likeness (QED) is 0.774. The second kappa shape index (κ2) is 5.35. The lowest BCUT2D eigenvalue weighted by molar-refractivity contribution is 0.215. The van der Waals surface area contributed by atoms with E-state index in [1.54, 1.807) is 0 Å². The third kappa shape index (κ3) is 2.02. The van der Waals surface area contributed by atoms with Crippen molar-refractivity contribution in [2.45, 2.75) is 6.04 Å². The summed E-state index contributed by atoms with van der Waals surface area (Å²) in [5.74, 6) is 0. The molecule has 0 saturated carbocycles. The molecule has 3 heteroatoms. The van der Waals surface area contributed by atoms with Gasteiger partial charge in [0.1, 0.15) is 0 Å². The third-order valence-corrected chi connectivity index (χ3v) is 4.34. The Hall–Kier alpha value is -2.52. The minimum Gasteiger partial charge on any atom is -0.395 e. The Morgan fingerprint density at radius 1 is 1.00 bits per heavy atom. The number of hydrogen-bond acceptors (Lipinski definition) is 2. The van der Waals surface area contributed by atoms with E-state index < -0.39 is 0 Å². The van der Waals surface area contributed by atoms with Gasteiger partial charge in [0.25, 0.3) is 0 Å². The number of aromatic amines is 1. The molecule has 0 aliphatic carbocycles. The summed E-state index contributed by atoms with van der Waals surface area (Å²) in [6, 6.07) is 17.0. The summed E-state index contributed by atoms with van der Waals surface area (Å²) < 4.78 is 0. The van der Waals surface area contributed by atoms with E-state index in [0.717, 1.165) is 5.52 Å². The van der Waals surface area contributed by atoms with Crippen molar-refractivity contribution in [2.75, 3.05) is 13.2 Å². The van der Waals surface area contributed by atoms with Crippen molar-refractivity contribution in [2.24, 2.45) is 0 Å². The van der Waals surface area contributed by atoms with Gasteiger partial charge < -0.3 is 15.0 Å². The normalized spacial score (nSPS) is 17.0. The highest BCUT2D eigenvalue weighted by Gasteiger charge is 2.26. The van der Waals surface area contributed by atoms with Crippen LogP contribution in [0, 0.1) is 0 Å². The van der Waals surface area contributed by atoms with Gasteiger partial charge in [0.15, 0.2) is 0 Å². The molecule has 1 atom stereocenters. The topological polar surface area (TPSA) is 39.3 Å². The second-order valence-electron chi connectivity index (χ2n) is 5.60. The maximum atomic E-state index is 9.41. The number of β-amino-alcohol motifs (C(OH)–C–C–N with tert-alkyl or cyclic N) is 1. The summed E-state index contributed by atoms with van der Waals surface area (Å²) in [6.45, 7) is 0.764. The highest BCUT2D eigenvalue weighted by atomic mass is 16.3. The van der Waals surface area contributed by atoms with E-state index in [1.807, 2.05) is 6.07 Å². The molecule has 0 radical (unpaired) electrons. The Kier molecular flexibility index (Phi) is 3.20. The zero-order valence-corrected chi connectivity index (χ0v) is 12.2. The Labute approximate surface area is 129 Å². The van der Waals surface area contributed by atoms with Crippen LogP contribution in [0.3, 0.4) is 0 Å². The van der Waals surface area contributed by atoms with Gasteiger partial charge in [0.05, 0.1) is 12.6 Å². The van der Waals surface area contributed by atoms with Gasteiger partial charge in [-0.2, -0.15) is 0 Å². The molecule has 4 rings (SSSR count). The molecule has 1 aromatic heterocycles. The molecular formula is C19H18N2O. The van der Waals surface area contributed by atoms with Crippen LogP contribution in [-0.4, -0.2) is 28.1 Å². The lowest BCUT2D eigenvalue weighted by atomic mass is 9.90. The van der Waals surface area contributed by atoms with Crippen molar-refractivity contribution in [3.05, 3.63) is 77.6 Å². The fourth-order valence-electron chi connectivity index (χ4n) is 3.34. The Morgan fingerprint density at radius 3 is 2.73 bits per heavy atom. The van der Waals surface area contributed by atoms with Gasteiger partial charge in [0, 0.05) is 35.4 Å².